The molecule has 0 amide bonds. The summed E-state index contributed by atoms with van der Waals surface area (Å²) in [5.74, 6) is 1.13. The number of benzene rings is 3. The SMILES string of the molecule is Cc1ccc(-c2ccc(C(F)(F)Oc3ccc(/C=C/C4CCC(C)CC4)cc3)cc2)c(F)c1. The van der Waals surface area contributed by atoms with Gasteiger partial charge in [0.1, 0.15) is 11.6 Å². The Kier molecular flexibility index (Phi) is 6.92. The molecule has 0 bridgehead atoms. The van der Waals surface area contributed by atoms with E-state index in [2.05, 4.69) is 19.1 Å². The predicted molar refractivity (Wildman–Crippen MR) is 128 cm³/mol. The molecular formula is C29H29F3O. The summed E-state index contributed by atoms with van der Waals surface area (Å²) in [6.07, 6.45) is 5.73. The van der Waals surface area contributed by atoms with Gasteiger partial charge in [-0.3, -0.25) is 0 Å². The number of ether oxygens (including phenoxy) is 1. The molecular weight excluding hydrogens is 421 g/mol. The van der Waals surface area contributed by atoms with E-state index in [-0.39, 0.29) is 17.1 Å². The molecule has 1 fully saturated rings. The Balaban J connectivity index is 1.40. The van der Waals surface area contributed by atoms with Gasteiger partial charge in [-0.15, -0.1) is 0 Å². The summed E-state index contributed by atoms with van der Waals surface area (Å²) in [6.45, 7) is 4.10. The highest BCUT2D eigenvalue weighted by molar-refractivity contribution is 5.65. The van der Waals surface area contributed by atoms with Gasteiger partial charge in [-0.05, 0) is 78.6 Å². The third-order valence-corrected chi connectivity index (χ3v) is 6.40. The minimum Gasteiger partial charge on any atom is -0.429 e. The van der Waals surface area contributed by atoms with Crippen LogP contribution in [0, 0.1) is 24.6 Å². The fourth-order valence-electron chi connectivity index (χ4n) is 4.28. The van der Waals surface area contributed by atoms with Crippen molar-refractivity contribution in [3.05, 3.63) is 95.3 Å². The van der Waals surface area contributed by atoms with Gasteiger partial charge in [0.15, 0.2) is 0 Å². The zero-order valence-electron chi connectivity index (χ0n) is 19.0. The molecule has 0 unspecified atom stereocenters. The van der Waals surface area contributed by atoms with Crippen molar-refractivity contribution in [2.45, 2.75) is 45.6 Å². The Labute approximate surface area is 193 Å². The van der Waals surface area contributed by atoms with Gasteiger partial charge >= 0.3 is 6.11 Å². The lowest BCUT2D eigenvalue weighted by molar-refractivity contribution is -0.185. The summed E-state index contributed by atoms with van der Waals surface area (Å²) in [7, 11) is 0. The minimum atomic E-state index is -3.50. The largest absolute Gasteiger partial charge is 0.429 e. The van der Waals surface area contributed by atoms with Gasteiger partial charge in [0.05, 0.1) is 5.56 Å². The van der Waals surface area contributed by atoms with Gasteiger partial charge in [-0.25, -0.2) is 4.39 Å². The Bertz CT molecular complexity index is 1090. The number of hydrogen-bond acceptors (Lipinski definition) is 1. The first-order valence-corrected chi connectivity index (χ1v) is 11.5. The van der Waals surface area contributed by atoms with Crippen LogP contribution in [0.25, 0.3) is 17.2 Å². The van der Waals surface area contributed by atoms with Gasteiger partial charge in [-0.2, -0.15) is 8.78 Å². The summed E-state index contributed by atoms with van der Waals surface area (Å²) < 4.78 is 48.6. The summed E-state index contributed by atoms with van der Waals surface area (Å²) in [6, 6.07) is 17.1. The molecule has 0 heterocycles. The van der Waals surface area contributed by atoms with E-state index in [9.17, 15) is 13.2 Å². The molecule has 0 spiro atoms. The van der Waals surface area contributed by atoms with Crippen LogP contribution in [-0.4, -0.2) is 0 Å². The van der Waals surface area contributed by atoms with Crippen molar-refractivity contribution in [1.29, 1.82) is 0 Å². The van der Waals surface area contributed by atoms with Gasteiger partial charge in [0, 0.05) is 5.56 Å². The topological polar surface area (TPSA) is 9.23 Å². The molecule has 1 nitrogen and oxygen atoms in total. The number of halogens is 3. The van der Waals surface area contributed by atoms with E-state index in [1.165, 1.54) is 56.0 Å². The normalized spacial score (nSPS) is 19.1. The molecule has 172 valence electrons. The van der Waals surface area contributed by atoms with Crippen LogP contribution < -0.4 is 4.74 Å². The van der Waals surface area contributed by atoms with E-state index in [0.29, 0.717) is 17.0 Å². The van der Waals surface area contributed by atoms with Crippen molar-refractivity contribution in [1.82, 2.24) is 0 Å². The number of aryl methyl sites for hydroxylation is 1. The smallest absolute Gasteiger partial charge is 0.426 e. The summed E-state index contributed by atoms with van der Waals surface area (Å²) in [4.78, 5) is 0. The first kappa shape index (κ1) is 23.2. The highest BCUT2D eigenvalue weighted by Crippen LogP contribution is 2.34. The maximum atomic E-state index is 14.7. The molecule has 0 aliphatic heterocycles. The summed E-state index contributed by atoms with van der Waals surface area (Å²) >= 11 is 0. The number of hydrogen-bond donors (Lipinski definition) is 0. The van der Waals surface area contributed by atoms with Crippen molar-refractivity contribution in [3.8, 4) is 16.9 Å². The number of allylic oxidation sites excluding steroid dienone is 1. The second-order valence-electron chi connectivity index (χ2n) is 9.13. The van der Waals surface area contributed by atoms with E-state index in [0.717, 1.165) is 17.0 Å². The second kappa shape index (κ2) is 9.86. The molecule has 0 atom stereocenters. The molecule has 0 aromatic heterocycles. The molecule has 1 aliphatic rings. The van der Waals surface area contributed by atoms with E-state index < -0.39 is 6.11 Å². The van der Waals surface area contributed by atoms with Crippen LogP contribution in [0.2, 0.25) is 0 Å². The molecule has 4 rings (SSSR count). The first-order valence-electron chi connectivity index (χ1n) is 11.5. The lowest BCUT2D eigenvalue weighted by Crippen LogP contribution is -2.21. The molecule has 0 N–H and O–H groups in total. The van der Waals surface area contributed by atoms with Crippen molar-refractivity contribution in [2.75, 3.05) is 0 Å². The molecule has 1 aliphatic carbocycles. The Morgan fingerprint density at radius 3 is 2.18 bits per heavy atom. The Morgan fingerprint density at radius 2 is 1.55 bits per heavy atom. The summed E-state index contributed by atoms with van der Waals surface area (Å²) in [5.41, 5.74) is 2.40. The molecule has 3 aromatic rings. The van der Waals surface area contributed by atoms with Crippen LogP contribution in [0.15, 0.2) is 72.8 Å². The highest BCUT2D eigenvalue weighted by Gasteiger charge is 2.34. The van der Waals surface area contributed by atoms with Crippen molar-refractivity contribution >= 4 is 6.08 Å². The van der Waals surface area contributed by atoms with Crippen LogP contribution in [-0.2, 0) is 6.11 Å². The monoisotopic (exact) mass is 450 g/mol. The van der Waals surface area contributed by atoms with Crippen LogP contribution in [0.3, 0.4) is 0 Å². The molecule has 1 saturated carbocycles. The third-order valence-electron chi connectivity index (χ3n) is 6.40. The minimum absolute atomic E-state index is 0.0947. The van der Waals surface area contributed by atoms with Gasteiger partial charge in [-0.1, -0.05) is 68.3 Å². The van der Waals surface area contributed by atoms with Crippen molar-refractivity contribution in [3.63, 3.8) is 0 Å². The van der Waals surface area contributed by atoms with E-state index in [4.69, 9.17) is 4.74 Å². The summed E-state index contributed by atoms with van der Waals surface area (Å²) in [5, 5.41) is 0. The molecule has 0 saturated heterocycles. The van der Waals surface area contributed by atoms with Gasteiger partial charge < -0.3 is 4.74 Å². The van der Waals surface area contributed by atoms with Crippen LogP contribution >= 0.6 is 0 Å². The Morgan fingerprint density at radius 1 is 0.879 bits per heavy atom. The number of alkyl halides is 2. The highest BCUT2D eigenvalue weighted by atomic mass is 19.3. The average Bonchev–Trinajstić information content (AvgIpc) is 2.80. The molecule has 4 heteroatoms. The lowest BCUT2D eigenvalue weighted by atomic mass is 9.83. The molecule has 3 aromatic carbocycles. The molecule has 33 heavy (non-hydrogen) atoms. The standard InChI is InChI=1S/C29H29F3O/c1-20-3-6-22(7-4-20)8-9-23-10-16-26(17-11-23)33-29(31,32)25-14-12-24(13-15-25)27-18-5-21(2)19-28(27)30/h5,8-20,22H,3-4,6-7H2,1-2H3/b9-8+. The lowest BCUT2D eigenvalue weighted by Gasteiger charge is -2.23. The first-order chi connectivity index (χ1) is 15.8. The van der Waals surface area contributed by atoms with Crippen LogP contribution in [0.4, 0.5) is 13.2 Å². The zero-order chi connectivity index (χ0) is 23.4. The maximum Gasteiger partial charge on any atom is 0.426 e. The maximum absolute atomic E-state index is 14.7. The van der Waals surface area contributed by atoms with E-state index >= 15 is 0 Å². The Hall–Kier alpha value is -3.01. The fraction of sp³-hybridized carbons (Fsp3) is 0.310. The van der Waals surface area contributed by atoms with E-state index in [1.807, 2.05) is 0 Å². The quantitative estimate of drug-likeness (QED) is 0.365. The number of rotatable bonds is 6. The average molecular weight is 451 g/mol. The van der Waals surface area contributed by atoms with Crippen LogP contribution in [0.1, 0.15) is 49.3 Å². The second-order valence-corrected chi connectivity index (χ2v) is 9.13. The molecule has 0 radical (unpaired) electrons. The van der Waals surface area contributed by atoms with Gasteiger partial charge in [0.2, 0.25) is 0 Å². The van der Waals surface area contributed by atoms with Crippen molar-refractivity contribution < 1.29 is 17.9 Å². The zero-order valence-corrected chi connectivity index (χ0v) is 19.0. The van der Waals surface area contributed by atoms with E-state index in [1.54, 1.807) is 43.3 Å². The van der Waals surface area contributed by atoms with Gasteiger partial charge in [0.25, 0.3) is 0 Å². The third kappa shape index (κ3) is 5.87. The van der Waals surface area contributed by atoms with Crippen LogP contribution in [0.5, 0.6) is 5.75 Å². The fourth-order valence-corrected chi connectivity index (χ4v) is 4.28. The van der Waals surface area contributed by atoms with Crippen molar-refractivity contribution in [2.24, 2.45) is 11.8 Å². The predicted octanol–water partition coefficient (Wildman–Crippen LogP) is 8.77.